The van der Waals surface area contributed by atoms with Gasteiger partial charge in [0.1, 0.15) is 5.75 Å². The van der Waals surface area contributed by atoms with Crippen LogP contribution >= 0.6 is 11.8 Å². The van der Waals surface area contributed by atoms with E-state index in [9.17, 15) is 13.6 Å². The number of thioether (sulfide) groups is 1. The number of morpholine rings is 1. The van der Waals surface area contributed by atoms with E-state index < -0.39 is 6.61 Å². The Morgan fingerprint density at radius 3 is 2.43 bits per heavy atom. The molecule has 2 aliphatic heterocycles. The molecule has 0 bridgehead atoms. The molecule has 0 radical (unpaired) electrons. The van der Waals surface area contributed by atoms with E-state index in [2.05, 4.69) is 9.73 Å². The minimum atomic E-state index is -2.87. The van der Waals surface area contributed by atoms with Crippen molar-refractivity contribution < 1.29 is 23.0 Å². The average Bonchev–Trinajstić information content (AvgIpc) is 3.05. The second kappa shape index (κ2) is 9.38. The highest BCUT2D eigenvalue weighted by Gasteiger charge is 2.38. The smallest absolute Gasteiger partial charge is 0.387 e. The monoisotopic (exact) mass is 431 g/mol. The van der Waals surface area contributed by atoms with Gasteiger partial charge in [-0.1, -0.05) is 30.3 Å². The molecule has 2 aliphatic rings. The number of carbonyl (C=O) groups is 1. The van der Waals surface area contributed by atoms with E-state index in [4.69, 9.17) is 4.74 Å². The zero-order valence-electron chi connectivity index (χ0n) is 15.9. The predicted octanol–water partition coefficient (Wildman–Crippen LogP) is 4.14. The molecule has 2 aromatic carbocycles. The van der Waals surface area contributed by atoms with Crippen LogP contribution in [0.25, 0.3) is 6.08 Å². The summed E-state index contributed by atoms with van der Waals surface area (Å²) in [6.07, 6.45) is 1.72. The fourth-order valence-corrected chi connectivity index (χ4v) is 4.05. The van der Waals surface area contributed by atoms with E-state index in [-0.39, 0.29) is 11.7 Å². The van der Waals surface area contributed by atoms with Crippen molar-refractivity contribution in [3.8, 4) is 5.75 Å². The van der Waals surface area contributed by atoms with Gasteiger partial charge in [0.2, 0.25) is 0 Å². The number of hydrogen-bond acceptors (Lipinski definition) is 6. The second-order valence-electron chi connectivity index (χ2n) is 6.47. The third-order valence-electron chi connectivity index (χ3n) is 4.44. The summed E-state index contributed by atoms with van der Waals surface area (Å²) >= 11 is 1.28. The third-order valence-corrected chi connectivity index (χ3v) is 5.40. The number of hydrogen-bond donors (Lipinski definition) is 0. The van der Waals surface area contributed by atoms with Gasteiger partial charge in [-0.2, -0.15) is 8.78 Å². The maximum Gasteiger partial charge on any atom is 0.387 e. The maximum atomic E-state index is 13.2. The first-order valence-corrected chi connectivity index (χ1v) is 10.2. The molecule has 0 aliphatic carbocycles. The number of ether oxygens (including phenoxy) is 2. The van der Waals surface area contributed by atoms with Crippen LogP contribution in [0.1, 0.15) is 5.56 Å². The zero-order chi connectivity index (χ0) is 20.9. The summed E-state index contributed by atoms with van der Waals surface area (Å²) in [4.78, 5) is 18.3. The van der Waals surface area contributed by atoms with Gasteiger partial charge in [0.15, 0.2) is 5.17 Å². The van der Waals surface area contributed by atoms with Crippen LogP contribution in [-0.4, -0.2) is 54.0 Å². The van der Waals surface area contributed by atoms with Gasteiger partial charge in [-0.05, 0) is 47.7 Å². The fraction of sp³-hybridized carbons (Fsp3) is 0.238. The summed E-state index contributed by atoms with van der Waals surface area (Å²) in [5, 5.41) is 4.10. The number of amides is 1. The van der Waals surface area contributed by atoms with Gasteiger partial charge in [-0.15, -0.1) is 0 Å². The van der Waals surface area contributed by atoms with E-state index >= 15 is 0 Å². The molecular weight excluding hydrogens is 412 g/mol. The molecule has 0 N–H and O–H groups in total. The molecule has 4 rings (SSSR count). The van der Waals surface area contributed by atoms with Gasteiger partial charge in [-0.25, -0.2) is 15.0 Å². The van der Waals surface area contributed by atoms with Crippen molar-refractivity contribution in [2.75, 3.05) is 26.3 Å². The lowest BCUT2D eigenvalue weighted by Gasteiger charge is -2.33. The van der Waals surface area contributed by atoms with Crippen molar-refractivity contribution in [2.24, 2.45) is 4.99 Å². The minimum absolute atomic E-state index is 0.0684. The first-order chi connectivity index (χ1) is 14.6. The van der Waals surface area contributed by atoms with Gasteiger partial charge in [-0.3, -0.25) is 4.79 Å². The van der Waals surface area contributed by atoms with Crippen LogP contribution in [0.4, 0.5) is 14.5 Å². The summed E-state index contributed by atoms with van der Waals surface area (Å²) in [7, 11) is 0. The molecule has 2 saturated heterocycles. The summed E-state index contributed by atoms with van der Waals surface area (Å²) < 4.78 is 34.4. The Balaban J connectivity index is 1.62. The Kier molecular flexibility index (Phi) is 6.41. The molecule has 0 unspecified atom stereocenters. The Morgan fingerprint density at radius 2 is 1.77 bits per heavy atom. The van der Waals surface area contributed by atoms with Crippen LogP contribution in [0, 0.1) is 0 Å². The number of carbonyl (C=O) groups excluding carboxylic acids is 1. The molecular formula is C21H19F2N3O3S. The van der Waals surface area contributed by atoms with Gasteiger partial charge in [0.25, 0.3) is 5.91 Å². The highest BCUT2D eigenvalue weighted by atomic mass is 32.2. The summed E-state index contributed by atoms with van der Waals surface area (Å²) in [6.45, 7) is -0.616. The molecule has 0 atom stereocenters. The fourth-order valence-electron chi connectivity index (χ4n) is 3.05. The van der Waals surface area contributed by atoms with E-state index in [0.717, 1.165) is 5.69 Å². The van der Waals surface area contributed by atoms with Crippen LogP contribution in [0.15, 0.2) is 64.5 Å². The van der Waals surface area contributed by atoms with Crippen molar-refractivity contribution in [1.82, 2.24) is 10.0 Å². The second-order valence-corrected chi connectivity index (χ2v) is 7.48. The zero-order valence-corrected chi connectivity index (χ0v) is 16.7. The number of aliphatic imine (C=N–C) groups is 1. The quantitative estimate of drug-likeness (QED) is 0.666. The molecule has 0 spiro atoms. The van der Waals surface area contributed by atoms with Crippen LogP contribution in [0.5, 0.6) is 5.75 Å². The van der Waals surface area contributed by atoms with Gasteiger partial charge in [0, 0.05) is 13.1 Å². The van der Waals surface area contributed by atoms with E-state index in [1.165, 1.54) is 23.9 Å². The first kappa shape index (κ1) is 20.5. The highest BCUT2D eigenvalue weighted by molar-refractivity contribution is 8.18. The Bertz CT molecular complexity index is 946. The molecule has 156 valence electrons. The lowest BCUT2D eigenvalue weighted by atomic mass is 10.2. The molecule has 1 amide bonds. The Morgan fingerprint density at radius 1 is 1.07 bits per heavy atom. The topological polar surface area (TPSA) is 54.4 Å². The van der Waals surface area contributed by atoms with E-state index in [1.807, 2.05) is 35.3 Å². The number of benzene rings is 2. The summed E-state index contributed by atoms with van der Waals surface area (Å²) in [5.74, 6) is -0.108. The van der Waals surface area contributed by atoms with Crippen molar-refractivity contribution in [1.29, 1.82) is 0 Å². The number of halogens is 2. The van der Waals surface area contributed by atoms with Crippen molar-refractivity contribution in [3.63, 3.8) is 0 Å². The SMILES string of the molecule is O=C1/C(=C/c2ccc(OC(F)F)cc2)SC(=Nc2ccccc2)N1N1CCOCC1. The Labute approximate surface area is 176 Å². The molecule has 0 aromatic heterocycles. The number of hydrazine groups is 1. The van der Waals surface area contributed by atoms with Crippen LogP contribution in [0.2, 0.25) is 0 Å². The molecule has 2 heterocycles. The van der Waals surface area contributed by atoms with E-state index in [0.29, 0.717) is 41.9 Å². The van der Waals surface area contributed by atoms with Crippen LogP contribution in [-0.2, 0) is 9.53 Å². The molecule has 30 heavy (non-hydrogen) atoms. The predicted molar refractivity (Wildman–Crippen MR) is 111 cm³/mol. The Hall–Kier alpha value is -2.75. The van der Waals surface area contributed by atoms with Crippen molar-refractivity contribution >= 4 is 34.6 Å². The lowest BCUT2D eigenvalue weighted by molar-refractivity contribution is -0.138. The number of amidine groups is 1. The van der Waals surface area contributed by atoms with E-state index in [1.54, 1.807) is 23.2 Å². The standard InChI is InChI=1S/C21H19F2N3O3S/c22-20(23)29-17-8-6-15(7-9-17)14-18-19(27)26(25-10-12-28-13-11-25)21(30-18)24-16-4-2-1-3-5-16/h1-9,14,20H,10-13H2/b18-14-,24-21?. The first-order valence-electron chi connectivity index (χ1n) is 9.35. The maximum absolute atomic E-state index is 13.2. The number of nitrogens with zero attached hydrogens (tertiary/aromatic N) is 3. The third kappa shape index (κ3) is 4.86. The molecule has 0 saturated carbocycles. The van der Waals surface area contributed by atoms with Gasteiger partial charge in [0.05, 0.1) is 23.8 Å². The molecule has 2 fully saturated rings. The summed E-state index contributed by atoms with van der Waals surface area (Å²) in [5.41, 5.74) is 1.45. The normalized spacial score (nSPS) is 20.5. The molecule has 9 heteroatoms. The largest absolute Gasteiger partial charge is 0.435 e. The molecule has 6 nitrogen and oxygen atoms in total. The van der Waals surface area contributed by atoms with Crippen molar-refractivity contribution in [3.05, 3.63) is 65.1 Å². The van der Waals surface area contributed by atoms with Crippen LogP contribution < -0.4 is 4.74 Å². The van der Waals surface area contributed by atoms with Gasteiger partial charge >= 0.3 is 6.61 Å². The number of para-hydroxylation sites is 1. The number of alkyl halides is 2. The average molecular weight is 431 g/mol. The van der Waals surface area contributed by atoms with Crippen LogP contribution in [0.3, 0.4) is 0 Å². The molecule has 2 aromatic rings. The van der Waals surface area contributed by atoms with Gasteiger partial charge < -0.3 is 9.47 Å². The lowest BCUT2D eigenvalue weighted by Crippen LogP contribution is -2.51. The number of rotatable bonds is 5. The minimum Gasteiger partial charge on any atom is -0.435 e. The summed E-state index contributed by atoms with van der Waals surface area (Å²) in [6, 6.07) is 15.6. The highest BCUT2D eigenvalue weighted by Crippen LogP contribution is 2.35. The van der Waals surface area contributed by atoms with Crippen molar-refractivity contribution in [2.45, 2.75) is 6.61 Å².